The molecule has 3 heterocycles. The molecule has 32 heavy (non-hydrogen) atoms. The second-order valence-electron chi connectivity index (χ2n) is 8.84. The van der Waals surface area contributed by atoms with Crippen LogP contribution < -0.4 is 9.47 Å². The van der Waals surface area contributed by atoms with Crippen LogP contribution in [0.4, 0.5) is 0 Å². The molecule has 2 saturated heterocycles. The Bertz CT molecular complexity index is 1060. The van der Waals surface area contributed by atoms with Crippen LogP contribution in [0.2, 0.25) is 0 Å². The highest BCUT2D eigenvalue weighted by molar-refractivity contribution is 5.88. The number of hydrogen-bond acceptors (Lipinski definition) is 6. The van der Waals surface area contributed by atoms with Crippen LogP contribution in [-0.4, -0.2) is 48.9 Å². The third-order valence-electron chi connectivity index (χ3n) is 7.01. The fourth-order valence-corrected chi connectivity index (χ4v) is 5.52. The number of carbonyl (C=O) groups excluding carboxylic acids is 1. The highest BCUT2D eigenvalue weighted by Gasteiger charge is 2.40. The van der Waals surface area contributed by atoms with Crippen molar-refractivity contribution in [2.24, 2.45) is 0 Å². The Morgan fingerprint density at radius 3 is 2.62 bits per heavy atom. The molecule has 6 heteroatoms. The maximum atomic E-state index is 12.5. The van der Waals surface area contributed by atoms with E-state index in [0.29, 0.717) is 29.5 Å². The molecule has 3 atom stereocenters. The smallest absolute Gasteiger partial charge is 0.331 e. The Labute approximate surface area is 188 Å². The van der Waals surface area contributed by atoms with E-state index in [-0.39, 0.29) is 23.9 Å². The molecule has 0 spiro atoms. The SMILES string of the molecule is COc1cc2c(cc1OC)[C@@H]1C[C@H](C[C@@H]3CCCCN31)OC(=O)/C=C\c1ccc(O)c-2c1. The Kier molecular flexibility index (Phi) is 5.55. The number of ether oxygens (including phenoxy) is 3. The summed E-state index contributed by atoms with van der Waals surface area (Å²) in [5.74, 6) is 1.15. The van der Waals surface area contributed by atoms with Gasteiger partial charge in [-0.25, -0.2) is 4.79 Å². The van der Waals surface area contributed by atoms with Crippen molar-refractivity contribution in [1.29, 1.82) is 0 Å². The molecule has 4 bridgehead atoms. The van der Waals surface area contributed by atoms with Gasteiger partial charge in [0.2, 0.25) is 0 Å². The van der Waals surface area contributed by atoms with E-state index in [1.165, 1.54) is 12.5 Å². The van der Waals surface area contributed by atoms with E-state index < -0.39 is 0 Å². The number of rotatable bonds is 2. The number of esters is 1. The average molecular weight is 436 g/mol. The number of methoxy groups -OCH3 is 2. The molecular formula is C26H29NO5. The van der Waals surface area contributed by atoms with E-state index in [9.17, 15) is 9.90 Å². The van der Waals surface area contributed by atoms with Crippen LogP contribution in [0.5, 0.6) is 17.2 Å². The van der Waals surface area contributed by atoms with Crippen LogP contribution in [0.3, 0.4) is 0 Å². The molecule has 0 aliphatic carbocycles. The quantitative estimate of drug-likeness (QED) is 0.690. The summed E-state index contributed by atoms with van der Waals surface area (Å²) in [6.07, 6.45) is 8.08. The van der Waals surface area contributed by atoms with Crippen LogP contribution in [-0.2, 0) is 9.53 Å². The molecule has 6 nitrogen and oxygen atoms in total. The third-order valence-corrected chi connectivity index (χ3v) is 7.01. The van der Waals surface area contributed by atoms with Crippen molar-refractivity contribution in [3.8, 4) is 28.4 Å². The Balaban J connectivity index is 1.76. The molecule has 0 unspecified atom stereocenters. The Morgan fingerprint density at radius 2 is 1.81 bits per heavy atom. The predicted molar refractivity (Wildman–Crippen MR) is 122 cm³/mol. The number of carbonyl (C=O) groups is 1. The summed E-state index contributed by atoms with van der Waals surface area (Å²) in [5, 5.41) is 10.8. The first-order valence-electron chi connectivity index (χ1n) is 11.3. The van der Waals surface area contributed by atoms with Gasteiger partial charge in [-0.1, -0.05) is 12.5 Å². The Morgan fingerprint density at radius 1 is 1.00 bits per heavy atom. The molecule has 2 aromatic carbocycles. The van der Waals surface area contributed by atoms with Crippen molar-refractivity contribution >= 4 is 12.0 Å². The average Bonchev–Trinajstić information content (AvgIpc) is 2.81. The van der Waals surface area contributed by atoms with Gasteiger partial charge in [-0.2, -0.15) is 0 Å². The molecule has 0 radical (unpaired) electrons. The maximum absolute atomic E-state index is 12.5. The molecule has 3 aliphatic heterocycles. The lowest BCUT2D eigenvalue weighted by Gasteiger charge is -2.48. The molecule has 0 amide bonds. The van der Waals surface area contributed by atoms with Gasteiger partial charge in [-0.05, 0) is 66.4 Å². The van der Waals surface area contributed by atoms with Gasteiger partial charge in [0.05, 0.1) is 14.2 Å². The van der Waals surface area contributed by atoms with Crippen LogP contribution in [0.1, 0.15) is 49.3 Å². The largest absolute Gasteiger partial charge is 0.507 e. The fraction of sp³-hybridized carbons (Fsp3) is 0.423. The standard InChI is InChI=1S/C26H29NO5/c1-30-24-14-19-20(15-25(24)31-2)22-13-18(12-17-5-3-4-10-27(17)22)32-26(29)9-7-16-6-8-23(28)21(19)11-16/h6-9,11,14-15,17-18,22,28H,3-5,10,12-13H2,1-2H3/b9-7-/t17-,18-,22-/m0/s1. The van der Waals surface area contributed by atoms with E-state index in [1.807, 2.05) is 18.2 Å². The van der Waals surface area contributed by atoms with Crippen molar-refractivity contribution in [3.05, 3.63) is 47.5 Å². The van der Waals surface area contributed by atoms with Crippen molar-refractivity contribution < 1.29 is 24.1 Å². The van der Waals surface area contributed by atoms with E-state index in [4.69, 9.17) is 14.2 Å². The number of phenols is 1. The second kappa shape index (κ2) is 8.51. The number of fused-ring (bicyclic) bond motifs is 9. The van der Waals surface area contributed by atoms with E-state index in [0.717, 1.165) is 42.5 Å². The number of nitrogens with zero attached hydrogens (tertiary/aromatic N) is 1. The number of piperidine rings is 2. The van der Waals surface area contributed by atoms with Crippen molar-refractivity contribution in [1.82, 2.24) is 4.90 Å². The molecule has 1 N–H and O–H groups in total. The number of aromatic hydroxyl groups is 1. The van der Waals surface area contributed by atoms with Gasteiger partial charge in [-0.3, -0.25) is 4.90 Å². The van der Waals surface area contributed by atoms with Gasteiger partial charge in [0.15, 0.2) is 11.5 Å². The molecular weight excluding hydrogens is 406 g/mol. The summed E-state index contributed by atoms with van der Waals surface area (Å²) in [6.45, 7) is 1.01. The first-order chi connectivity index (χ1) is 15.6. The maximum Gasteiger partial charge on any atom is 0.331 e. The summed E-state index contributed by atoms with van der Waals surface area (Å²) >= 11 is 0. The first kappa shape index (κ1) is 20.9. The zero-order valence-corrected chi connectivity index (χ0v) is 18.5. The van der Waals surface area contributed by atoms with E-state index >= 15 is 0 Å². The van der Waals surface area contributed by atoms with Crippen molar-refractivity contribution in [3.63, 3.8) is 0 Å². The molecule has 0 saturated carbocycles. The summed E-state index contributed by atoms with van der Waals surface area (Å²) in [4.78, 5) is 15.1. The highest BCUT2D eigenvalue weighted by atomic mass is 16.5. The van der Waals surface area contributed by atoms with Gasteiger partial charge in [0.25, 0.3) is 0 Å². The predicted octanol–water partition coefficient (Wildman–Crippen LogP) is 4.70. The lowest BCUT2D eigenvalue weighted by atomic mass is 9.81. The zero-order valence-electron chi connectivity index (χ0n) is 18.5. The molecule has 2 fully saturated rings. The van der Waals surface area contributed by atoms with E-state index in [2.05, 4.69) is 4.90 Å². The van der Waals surface area contributed by atoms with Crippen LogP contribution >= 0.6 is 0 Å². The summed E-state index contributed by atoms with van der Waals surface area (Å²) in [7, 11) is 3.26. The monoisotopic (exact) mass is 435 g/mol. The van der Waals surface area contributed by atoms with Crippen LogP contribution in [0.15, 0.2) is 36.4 Å². The summed E-state index contributed by atoms with van der Waals surface area (Å²) < 4.78 is 17.2. The molecule has 5 rings (SSSR count). The van der Waals surface area contributed by atoms with E-state index in [1.54, 1.807) is 32.4 Å². The van der Waals surface area contributed by atoms with Crippen molar-refractivity contribution in [2.75, 3.05) is 20.8 Å². The van der Waals surface area contributed by atoms with Gasteiger partial charge in [0.1, 0.15) is 11.9 Å². The zero-order chi connectivity index (χ0) is 22.2. The van der Waals surface area contributed by atoms with Crippen LogP contribution in [0.25, 0.3) is 17.2 Å². The minimum atomic E-state index is -0.319. The molecule has 3 aliphatic rings. The molecule has 2 aromatic rings. The number of benzene rings is 2. The topological polar surface area (TPSA) is 68.2 Å². The fourth-order valence-electron chi connectivity index (χ4n) is 5.52. The highest BCUT2D eigenvalue weighted by Crippen LogP contribution is 2.47. The van der Waals surface area contributed by atoms with Gasteiger partial charge in [0, 0.05) is 36.6 Å². The van der Waals surface area contributed by atoms with Gasteiger partial charge >= 0.3 is 5.97 Å². The van der Waals surface area contributed by atoms with Crippen LogP contribution in [0, 0.1) is 0 Å². The lowest BCUT2D eigenvalue weighted by Crippen LogP contribution is -2.49. The normalized spacial score (nSPS) is 25.9. The van der Waals surface area contributed by atoms with Crippen molar-refractivity contribution in [2.45, 2.75) is 50.3 Å². The minimum Gasteiger partial charge on any atom is -0.507 e. The lowest BCUT2D eigenvalue weighted by molar-refractivity contribution is -0.148. The number of phenolic OH excluding ortho intramolecular Hbond substituents is 1. The molecule has 168 valence electrons. The first-order valence-corrected chi connectivity index (χ1v) is 11.3. The van der Waals surface area contributed by atoms with Gasteiger partial charge < -0.3 is 19.3 Å². The van der Waals surface area contributed by atoms with Gasteiger partial charge in [-0.15, -0.1) is 0 Å². The summed E-state index contributed by atoms with van der Waals surface area (Å²) in [6, 6.07) is 9.76. The Hall–Kier alpha value is -2.99. The summed E-state index contributed by atoms with van der Waals surface area (Å²) in [5.41, 5.74) is 3.51. The molecule has 0 aromatic heterocycles. The number of hydrogen-bond donors (Lipinski definition) is 1. The third kappa shape index (κ3) is 3.73. The minimum absolute atomic E-state index is 0.0492. The second-order valence-corrected chi connectivity index (χ2v) is 8.84.